The Balaban J connectivity index is 2.32. The summed E-state index contributed by atoms with van der Waals surface area (Å²) in [5, 5.41) is 3.45. The summed E-state index contributed by atoms with van der Waals surface area (Å²) < 4.78 is 0. The summed E-state index contributed by atoms with van der Waals surface area (Å²) in [6, 6.07) is 0.725. The molecular weight excluding hydrogens is 158 g/mol. The van der Waals surface area contributed by atoms with E-state index in [-0.39, 0.29) is 0 Å². The third-order valence-corrected chi connectivity index (χ3v) is 3.36. The molecule has 0 radical (unpaired) electrons. The van der Waals surface area contributed by atoms with Crippen LogP contribution in [-0.4, -0.2) is 13.1 Å². The molecule has 1 fully saturated rings. The molecule has 1 saturated carbocycles. The minimum atomic E-state index is 0.725. The van der Waals surface area contributed by atoms with Gasteiger partial charge in [0, 0.05) is 6.04 Å². The molecule has 13 heavy (non-hydrogen) atoms. The molecule has 0 aliphatic heterocycles. The summed E-state index contributed by atoms with van der Waals surface area (Å²) in [5.41, 5.74) is 0. The van der Waals surface area contributed by atoms with E-state index in [9.17, 15) is 0 Å². The van der Waals surface area contributed by atoms with E-state index in [4.69, 9.17) is 0 Å². The van der Waals surface area contributed by atoms with Gasteiger partial charge in [-0.1, -0.05) is 19.4 Å². The molecule has 1 heteroatoms. The van der Waals surface area contributed by atoms with Gasteiger partial charge >= 0.3 is 0 Å². The zero-order valence-electron chi connectivity index (χ0n) is 9.05. The van der Waals surface area contributed by atoms with E-state index in [1.54, 1.807) is 0 Å². The van der Waals surface area contributed by atoms with Crippen LogP contribution in [0.15, 0.2) is 12.7 Å². The van der Waals surface area contributed by atoms with Crippen molar-refractivity contribution in [1.29, 1.82) is 0 Å². The van der Waals surface area contributed by atoms with Crippen LogP contribution in [-0.2, 0) is 0 Å². The summed E-state index contributed by atoms with van der Waals surface area (Å²) in [5.74, 6) is 1.87. The number of hydrogen-bond donors (Lipinski definition) is 1. The molecule has 1 aliphatic rings. The Bertz CT molecular complexity index is 153. The van der Waals surface area contributed by atoms with Gasteiger partial charge < -0.3 is 5.32 Å². The summed E-state index contributed by atoms with van der Waals surface area (Å²) >= 11 is 0. The fraction of sp³-hybridized carbons (Fsp3) is 0.833. The van der Waals surface area contributed by atoms with E-state index in [1.165, 1.54) is 25.7 Å². The Morgan fingerprint density at radius 2 is 2.31 bits per heavy atom. The minimum absolute atomic E-state index is 0.725. The first-order valence-corrected chi connectivity index (χ1v) is 5.56. The molecule has 0 aromatic heterocycles. The lowest BCUT2D eigenvalue weighted by Crippen LogP contribution is -2.32. The van der Waals surface area contributed by atoms with Gasteiger partial charge in [-0.2, -0.15) is 0 Å². The maximum atomic E-state index is 3.78. The second kappa shape index (κ2) is 5.43. The highest BCUT2D eigenvalue weighted by atomic mass is 14.9. The first kappa shape index (κ1) is 10.8. The van der Waals surface area contributed by atoms with Crippen LogP contribution < -0.4 is 5.32 Å². The van der Waals surface area contributed by atoms with E-state index >= 15 is 0 Å². The van der Waals surface area contributed by atoms with Crippen LogP contribution in [0.2, 0.25) is 0 Å². The molecule has 0 heterocycles. The van der Waals surface area contributed by atoms with Crippen molar-refractivity contribution in [3.05, 3.63) is 12.7 Å². The van der Waals surface area contributed by atoms with Gasteiger partial charge in [0.1, 0.15) is 0 Å². The number of nitrogens with one attached hydrogen (secondary N) is 1. The van der Waals surface area contributed by atoms with E-state index in [0.717, 1.165) is 24.3 Å². The third-order valence-electron chi connectivity index (χ3n) is 3.36. The first-order valence-electron chi connectivity index (χ1n) is 5.56. The lowest BCUT2D eigenvalue weighted by Gasteiger charge is -2.22. The molecule has 0 aromatic rings. The predicted molar refractivity (Wildman–Crippen MR) is 58.8 cm³/mol. The van der Waals surface area contributed by atoms with Crippen molar-refractivity contribution in [2.24, 2.45) is 11.8 Å². The maximum Gasteiger partial charge on any atom is 0.00953 e. The largest absolute Gasteiger partial charge is 0.317 e. The average molecular weight is 181 g/mol. The van der Waals surface area contributed by atoms with Crippen LogP contribution >= 0.6 is 0 Å². The molecule has 0 saturated heterocycles. The van der Waals surface area contributed by atoms with Gasteiger partial charge in [-0.3, -0.25) is 0 Å². The molecule has 1 nitrogen and oxygen atoms in total. The maximum absolute atomic E-state index is 3.78. The van der Waals surface area contributed by atoms with Gasteiger partial charge in [-0.15, -0.1) is 6.58 Å². The number of hydrogen-bond acceptors (Lipinski definition) is 1. The van der Waals surface area contributed by atoms with Gasteiger partial charge in [0.05, 0.1) is 0 Å². The van der Waals surface area contributed by atoms with Crippen LogP contribution in [0.4, 0.5) is 0 Å². The fourth-order valence-electron chi connectivity index (χ4n) is 2.53. The summed E-state index contributed by atoms with van der Waals surface area (Å²) in [4.78, 5) is 0. The highest BCUT2D eigenvalue weighted by Gasteiger charge is 2.26. The Morgan fingerprint density at radius 1 is 1.54 bits per heavy atom. The second-order valence-corrected chi connectivity index (χ2v) is 4.44. The molecule has 3 atom stereocenters. The van der Waals surface area contributed by atoms with Crippen molar-refractivity contribution in [3.63, 3.8) is 0 Å². The minimum Gasteiger partial charge on any atom is -0.317 e. The van der Waals surface area contributed by atoms with Gasteiger partial charge in [0.15, 0.2) is 0 Å². The van der Waals surface area contributed by atoms with Crippen LogP contribution in [0.5, 0.6) is 0 Å². The normalized spacial score (nSPS) is 30.3. The van der Waals surface area contributed by atoms with Crippen molar-refractivity contribution in [2.75, 3.05) is 7.05 Å². The van der Waals surface area contributed by atoms with Crippen molar-refractivity contribution in [3.8, 4) is 0 Å². The molecule has 1 aliphatic carbocycles. The smallest absolute Gasteiger partial charge is 0.00953 e. The zero-order chi connectivity index (χ0) is 9.68. The Labute approximate surface area is 82.6 Å². The standard InChI is InChI=1S/C12H23N/c1-4-5-6-12(13-3)11-8-7-10(2)9-11/h4,10-13H,1,5-9H2,2-3H3. The fourth-order valence-corrected chi connectivity index (χ4v) is 2.53. The Kier molecular flexibility index (Phi) is 4.51. The Morgan fingerprint density at radius 3 is 2.77 bits per heavy atom. The van der Waals surface area contributed by atoms with Gasteiger partial charge in [-0.25, -0.2) is 0 Å². The molecule has 0 amide bonds. The number of rotatable bonds is 5. The third kappa shape index (κ3) is 3.15. The van der Waals surface area contributed by atoms with Crippen molar-refractivity contribution < 1.29 is 0 Å². The van der Waals surface area contributed by atoms with Crippen LogP contribution in [0.1, 0.15) is 39.0 Å². The van der Waals surface area contributed by atoms with Gasteiger partial charge in [-0.05, 0) is 44.6 Å². The number of allylic oxidation sites excluding steroid dienone is 1. The van der Waals surface area contributed by atoms with Crippen molar-refractivity contribution in [1.82, 2.24) is 5.32 Å². The van der Waals surface area contributed by atoms with E-state index in [2.05, 4.69) is 25.9 Å². The predicted octanol–water partition coefficient (Wildman–Crippen LogP) is 2.98. The van der Waals surface area contributed by atoms with Crippen LogP contribution in [0.3, 0.4) is 0 Å². The molecule has 0 spiro atoms. The average Bonchev–Trinajstić information content (AvgIpc) is 2.54. The molecule has 0 bridgehead atoms. The summed E-state index contributed by atoms with van der Waals surface area (Å²) in [6.45, 7) is 6.16. The highest BCUT2D eigenvalue weighted by Crippen LogP contribution is 2.33. The molecule has 76 valence electrons. The van der Waals surface area contributed by atoms with Crippen LogP contribution in [0.25, 0.3) is 0 Å². The van der Waals surface area contributed by atoms with Gasteiger partial charge in [0.2, 0.25) is 0 Å². The van der Waals surface area contributed by atoms with E-state index < -0.39 is 0 Å². The zero-order valence-corrected chi connectivity index (χ0v) is 9.05. The quantitative estimate of drug-likeness (QED) is 0.643. The SMILES string of the molecule is C=CCCC(NC)C1CCC(C)C1. The molecule has 1 rings (SSSR count). The monoisotopic (exact) mass is 181 g/mol. The summed E-state index contributed by atoms with van der Waals surface area (Å²) in [7, 11) is 2.09. The molecular formula is C12H23N. The van der Waals surface area contributed by atoms with Crippen molar-refractivity contribution in [2.45, 2.75) is 45.1 Å². The lowest BCUT2D eigenvalue weighted by atomic mass is 9.93. The van der Waals surface area contributed by atoms with Crippen LogP contribution in [0, 0.1) is 11.8 Å². The topological polar surface area (TPSA) is 12.0 Å². The molecule has 0 aromatic carbocycles. The van der Waals surface area contributed by atoms with E-state index in [0.29, 0.717) is 0 Å². The first-order chi connectivity index (χ1) is 6.27. The van der Waals surface area contributed by atoms with E-state index in [1.807, 2.05) is 6.08 Å². The molecule has 3 unspecified atom stereocenters. The Hall–Kier alpha value is -0.300. The lowest BCUT2D eigenvalue weighted by molar-refractivity contribution is 0.353. The van der Waals surface area contributed by atoms with Gasteiger partial charge in [0.25, 0.3) is 0 Å². The molecule has 1 N–H and O–H groups in total. The highest BCUT2D eigenvalue weighted by molar-refractivity contribution is 4.84. The second-order valence-electron chi connectivity index (χ2n) is 4.44. The van der Waals surface area contributed by atoms with Crippen molar-refractivity contribution >= 4 is 0 Å². The summed E-state index contributed by atoms with van der Waals surface area (Å²) in [6.07, 6.45) is 8.71.